The van der Waals surface area contributed by atoms with Crippen molar-refractivity contribution in [3.8, 4) is 5.75 Å². The van der Waals surface area contributed by atoms with Crippen LogP contribution in [0.15, 0.2) is 33.6 Å². The van der Waals surface area contributed by atoms with Gasteiger partial charge >= 0.3 is 0 Å². The Morgan fingerprint density at radius 2 is 2.11 bits per heavy atom. The number of rotatable bonds is 2. The molecule has 2 N–H and O–H groups in total. The predicted octanol–water partition coefficient (Wildman–Crippen LogP) is 3.61. The van der Waals surface area contributed by atoms with Gasteiger partial charge in [0.1, 0.15) is 15.0 Å². The van der Waals surface area contributed by atoms with Crippen LogP contribution < -0.4 is 5.32 Å². The lowest BCUT2D eigenvalue weighted by Crippen LogP contribution is -2.14. The van der Waals surface area contributed by atoms with Crippen LogP contribution in [0.5, 0.6) is 5.75 Å². The average molecular weight is 407 g/mol. The minimum atomic E-state index is -0.508. The third-order valence-electron chi connectivity index (χ3n) is 2.14. The zero-order valence-corrected chi connectivity index (χ0v) is 13.1. The first-order valence-electron chi connectivity index (χ1n) is 4.95. The van der Waals surface area contributed by atoms with Gasteiger partial charge < -0.3 is 10.4 Å². The molecule has 5 nitrogen and oxygen atoms in total. The molecule has 1 heterocycles. The minimum absolute atomic E-state index is 0.0982. The zero-order valence-electron chi connectivity index (χ0n) is 9.19. The highest BCUT2D eigenvalue weighted by atomic mass is 79.9. The Morgan fingerprint density at radius 3 is 2.74 bits per heavy atom. The van der Waals surface area contributed by atoms with Gasteiger partial charge in [-0.25, -0.2) is 9.97 Å². The van der Waals surface area contributed by atoms with Gasteiger partial charge in [-0.05, 0) is 50.1 Å². The highest BCUT2D eigenvalue weighted by molar-refractivity contribution is 9.11. The van der Waals surface area contributed by atoms with Gasteiger partial charge in [0.15, 0.2) is 5.82 Å². The van der Waals surface area contributed by atoms with Crippen LogP contribution in [0, 0.1) is 0 Å². The van der Waals surface area contributed by atoms with E-state index in [-0.39, 0.29) is 17.1 Å². The molecule has 19 heavy (non-hydrogen) atoms. The summed E-state index contributed by atoms with van der Waals surface area (Å²) in [4.78, 5) is 20.0. The second kappa shape index (κ2) is 5.85. The lowest BCUT2D eigenvalue weighted by Gasteiger charge is -2.07. The fourth-order valence-electron chi connectivity index (χ4n) is 1.30. The molecule has 98 valence electrons. The first-order chi connectivity index (χ1) is 8.97. The van der Waals surface area contributed by atoms with Crippen molar-refractivity contribution in [3.63, 3.8) is 0 Å². The summed E-state index contributed by atoms with van der Waals surface area (Å²) in [7, 11) is 0. The van der Waals surface area contributed by atoms with Crippen LogP contribution >= 0.6 is 43.5 Å². The lowest BCUT2D eigenvalue weighted by molar-refractivity contribution is 0.102. The Balaban J connectivity index is 2.25. The summed E-state index contributed by atoms with van der Waals surface area (Å²) >= 11 is 12.0. The van der Waals surface area contributed by atoms with Crippen molar-refractivity contribution in [1.82, 2.24) is 9.97 Å². The monoisotopic (exact) mass is 405 g/mol. The van der Waals surface area contributed by atoms with Crippen LogP contribution in [0.4, 0.5) is 5.82 Å². The smallest absolute Gasteiger partial charge is 0.260 e. The molecular formula is C11H6Br2ClN3O2. The summed E-state index contributed by atoms with van der Waals surface area (Å²) in [6.07, 6.45) is 1.45. The Hall–Kier alpha value is -1.18. The summed E-state index contributed by atoms with van der Waals surface area (Å²) in [6, 6.07) is 4.23. The van der Waals surface area contributed by atoms with Crippen molar-refractivity contribution in [2.24, 2.45) is 0 Å². The van der Waals surface area contributed by atoms with E-state index in [0.717, 1.165) is 0 Å². The molecule has 0 fully saturated rings. The highest BCUT2D eigenvalue weighted by Gasteiger charge is 2.14. The van der Waals surface area contributed by atoms with Gasteiger partial charge in [0.05, 0.1) is 11.8 Å². The molecule has 1 amide bonds. The first kappa shape index (κ1) is 14.2. The summed E-state index contributed by atoms with van der Waals surface area (Å²) in [5.41, 5.74) is 0.0982. The number of carbonyl (C=O) groups excluding carboxylic acids is 1. The SMILES string of the molecule is O=C(Nc1ncc(Br)nc1Br)c1ccc(Cl)cc1O. The summed E-state index contributed by atoms with van der Waals surface area (Å²) < 4.78 is 0.912. The molecule has 0 radical (unpaired) electrons. The second-order valence-electron chi connectivity index (χ2n) is 3.45. The van der Waals surface area contributed by atoms with E-state index in [9.17, 15) is 9.90 Å². The van der Waals surface area contributed by atoms with Crippen molar-refractivity contribution in [1.29, 1.82) is 0 Å². The number of carbonyl (C=O) groups is 1. The Morgan fingerprint density at radius 1 is 1.37 bits per heavy atom. The molecule has 1 aromatic heterocycles. The van der Waals surface area contributed by atoms with E-state index in [0.29, 0.717) is 14.2 Å². The molecule has 0 aliphatic rings. The molecule has 0 unspecified atom stereocenters. The average Bonchev–Trinajstić information content (AvgIpc) is 2.32. The van der Waals surface area contributed by atoms with E-state index in [1.807, 2.05) is 0 Å². The molecule has 0 spiro atoms. The molecule has 0 aliphatic carbocycles. The van der Waals surface area contributed by atoms with E-state index in [2.05, 4.69) is 47.1 Å². The second-order valence-corrected chi connectivity index (χ2v) is 5.45. The Kier molecular flexibility index (Phi) is 4.38. The van der Waals surface area contributed by atoms with Crippen molar-refractivity contribution >= 4 is 55.2 Å². The number of phenols is 1. The van der Waals surface area contributed by atoms with Crippen molar-refractivity contribution in [2.75, 3.05) is 5.32 Å². The fraction of sp³-hybridized carbons (Fsp3) is 0. The number of phenolic OH excluding ortho intramolecular Hbond substituents is 1. The number of nitrogens with zero attached hydrogens (tertiary/aromatic N) is 2. The van der Waals surface area contributed by atoms with Gasteiger partial charge in [0, 0.05) is 5.02 Å². The highest BCUT2D eigenvalue weighted by Crippen LogP contribution is 2.24. The molecule has 0 saturated heterocycles. The summed E-state index contributed by atoms with van der Waals surface area (Å²) in [5.74, 6) is -0.458. The van der Waals surface area contributed by atoms with Gasteiger partial charge in [-0.15, -0.1) is 0 Å². The maximum absolute atomic E-state index is 12.0. The van der Waals surface area contributed by atoms with Gasteiger partial charge in [0.25, 0.3) is 5.91 Å². The quantitative estimate of drug-likeness (QED) is 0.798. The molecule has 2 aromatic rings. The lowest BCUT2D eigenvalue weighted by atomic mass is 10.2. The van der Waals surface area contributed by atoms with Crippen LogP contribution in [-0.4, -0.2) is 21.0 Å². The van der Waals surface area contributed by atoms with Crippen LogP contribution in [0.25, 0.3) is 0 Å². The molecule has 2 rings (SSSR count). The predicted molar refractivity (Wildman–Crippen MR) is 78.5 cm³/mol. The van der Waals surface area contributed by atoms with Gasteiger partial charge in [-0.3, -0.25) is 4.79 Å². The number of anilines is 1. The van der Waals surface area contributed by atoms with Crippen molar-refractivity contribution in [2.45, 2.75) is 0 Å². The van der Waals surface area contributed by atoms with E-state index >= 15 is 0 Å². The summed E-state index contributed by atoms with van der Waals surface area (Å²) in [6.45, 7) is 0. The Bertz CT molecular complexity index is 652. The molecule has 1 aromatic carbocycles. The summed E-state index contributed by atoms with van der Waals surface area (Å²) in [5, 5.41) is 12.5. The third-order valence-corrected chi connectivity index (χ3v) is 3.31. The molecule has 0 aliphatic heterocycles. The first-order valence-corrected chi connectivity index (χ1v) is 6.91. The number of halogens is 3. The van der Waals surface area contributed by atoms with E-state index < -0.39 is 5.91 Å². The van der Waals surface area contributed by atoms with E-state index in [1.165, 1.54) is 24.4 Å². The van der Waals surface area contributed by atoms with Crippen molar-refractivity contribution in [3.05, 3.63) is 44.2 Å². The maximum Gasteiger partial charge on any atom is 0.260 e. The minimum Gasteiger partial charge on any atom is -0.507 e. The Labute approximate surface area is 130 Å². The van der Waals surface area contributed by atoms with E-state index in [1.54, 1.807) is 0 Å². The van der Waals surface area contributed by atoms with Crippen molar-refractivity contribution < 1.29 is 9.90 Å². The normalized spacial score (nSPS) is 10.3. The standard InChI is InChI=1S/C11H6Br2ClN3O2/c12-8-4-15-10(9(13)16-8)17-11(19)6-2-1-5(14)3-7(6)18/h1-4,18H,(H,15,17,19). The van der Waals surface area contributed by atoms with Gasteiger partial charge in [-0.1, -0.05) is 11.6 Å². The molecule has 0 saturated carbocycles. The van der Waals surface area contributed by atoms with E-state index in [4.69, 9.17) is 11.6 Å². The molecular weight excluding hydrogens is 401 g/mol. The maximum atomic E-state index is 12.0. The number of amides is 1. The number of hydrogen-bond donors (Lipinski definition) is 2. The van der Waals surface area contributed by atoms with Crippen LogP contribution in [-0.2, 0) is 0 Å². The largest absolute Gasteiger partial charge is 0.507 e. The van der Waals surface area contributed by atoms with Gasteiger partial charge in [-0.2, -0.15) is 0 Å². The third kappa shape index (κ3) is 3.43. The molecule has 0 bridgehead atoms. The topological polar surface area (TPSA) is 75.1 Å². The number of nitrogens with one attached hydrogen (secondary N) is 1. The van der Waals surface area contributed by atoms with Crippen LogP contribution in [0.1, 0.15) is 10.4 Å². The number of aromatic nitrogens is 2. The zero-order chi connectivity index (χ0) is 14.0. The van der Waals surface area contributed by atoms with Crippen LogP contribution in [0.2, 0.25) is 5.02 Å². The fourth-order valence-corrected chi connectivity index (χ4v) is 2.38. The van der Waals surface area contributed by atoms with Gasteiger partial charge in [0.2, 0.25) is 0 Å². The number of aromatic hydroxyl groups is 1. The molecule has 8 heteroatoms. The van der Waals surface area contributed by atoms with Crippen LogP contribution in [0.3, 0.4) is 0 Å². The number of hydrogen-bond acceptors (Lipinski definition) is 4. The molecule has 0 atom stereocenters. The number of benzene rings is 1.